The van der Waals surface area contributed by atoms with Crippen molar-refractivity contribution in [1.82, 2.24) is 10.2 Å². The molecule has 1 aliphatic heterocycles. The lowest BCUT2D eigenvalue weighted by Gasteiger charge is -2.26. The molecule has 0 saturated carbocycles. The summed E-state index contributed by atoms with van der Waals surface area (Å²) in [5, 5.41) is 15.3. The standard InChI is InChI=1S/C28H29N3O6/c1-36-23-15-11-21(12-16-23)29-27(34)25(20-9-13-22(32)14-10-20)30-26(33)24-8-5-17-31(24)28(35)37-18-19-6-3-2-4-7-19/h2-4,6-7,9-16,24-25,32H,5,8,17-18H2,1H3,(H,29,34)(H,30,33)/t24-,25-/m0/s1. The summed E-state index contributed by atoms with van der Waals surface area (Å²) in [5.74, 6) is -0.257. The summed E-state index contributed by atoms with van der Waals surface area (Å²) in [6.45, 7) is 0.485. The fourth-order valence-electron chi connectivity index (χ4n) is 4.15. The Balaban J connectivity index is 1.46. The van der Waals surface area contributed by atoms with Gasteiger partial charge in [-0.05, 0) is 60.4 Å². The summed E-state index contributed by atoms with van der Waals surface area (Å²) in [6, 6.07) is 20.3. The van der Waals surface area contributed by atoms with E-state index in [1.807, 2.05) is 30.3 Å². The summed E-state index contributed by atoms with van der Waals surface area (Å²) in [6.07, 6.45) is 0.514. The maximum atomic E-state index is 13.3. The minimum absolute atomic E-state index is 0.0347. The van der Waals surface area contributed by atoms with Crippen molar-refractivity contribution in [3.63, 3.8) is 0 Å². The number of phenols is 1. The van der Waals surface area contributed by atoms with Gasteiger partial charge in [0.25, 0.3) is 5.91 Å². The number of phenolic OH excluding ortho intramolecular Hbond substituents is 1. The molecule has 4 rings (SSSR count). The third kappa shape index (κ3) is 6.58. The molecule has 0 aliphatic carbocycles. The lowest BCUT2D eigenvalue weighted by Crippen LogP contribution is -2.48. The predicted octanol–water partition coefficient (Wildman–Crippen LogP) is 4.00. The van der Waals surface area contributed by atoms with Crippen molar-refractivity contribution < 1.29 is 29.0 Å². The number of ether oxygens (including phenoxy) is 2. The lowest BCUT2D eigenvalue weighted by atomic mass is 10.0. The van der Waals surface area contributed by atoms with Gasteiger partial charge in [0.2, 0.25) is 5.91 Å². The Bertz CT molecular complexity index is 1210. The Morgan fingerprint density at radius 1 is 1.00 bits per heavy atom. The first-order chi connectivity index (χ1) is 17.9. The minimum Gasteiger partial charge on any atom is -0.508 e. The number of benzene rings is 3. The summed E-state index contributed by atoms with van der Waals surface area (Å²) in [7, 11) is 1.55. The summed E-state index contributed by atoms with van der Waals surface area (Å²) in [5.41, 5.74) is 1.85. The molecular weight excluding hydrogens is 474 g/mol. The second-order valence-corrected chi connectivity index (χ2v) is 8.64. The van der Waals surface area contributed by atoms with Crippen molar-refractivity contribution in [2.24, 2.45) is 0 Å². The van der Waals surface area contributed by atoms with E-state index in [0.717, 1.165) is 5.56 Å². The zero-order valence-electron chi connectivity index (χ0n) is 20.4. The number of methoxy groups -OCH3 is 1. The largest absolute Gasteiger partial charge is 0.508 e. The number of likely N-dealkylation sites (tertiary alicyclic amines) is 1. The van der Waals surface area contributed by atoms with Crippen LogP contribution in [0, 0.1) is 0 Å². The van der Waals surface area contributed by atoms with Gasteiger partial charge >= 0.3 is 6.09 Å². The number of carbonyl (C=O) groups excluding carboxylic acids is 3. The van der Waals surface area contributed by atoms with E-state index >= 15 is 0 Å². The first-order valence-corrected chi connectivity index (χ1v) is 12.0. The molecule has 0 unspecified atom stereocenters. The van der Waals surface area contributed by atoms with Gasteiger partial charge < -0.3 is 25.2 Å². The van der Waals surface area contributed by atoms with Crippen LogP contribution in [0.3, 0.4) is 0 Å². The monoisotopic (exact) mass is 503 g/mol. The predicted molar refractivity (Wildman–Crippen MR) is 137 cm³/mol. The van der Waals surface area contributed by atoms with E-state index < -0.39 is 30.0 Å². The molecule has 9 nitrogen and oxygen atoms in total. The highest BCUT2D eigenvalue weighted by Crippen LogP contribution is 2.24. The van der Waals surface area contributed by atoms with Crippen LogP contribution in [-0.4, -0.2) is 47.6 Å². The van der Waals surface area contributed by atoms with Gasteiger partial charge in [0.05, 0.1) is 7.11 Å². The third-order valence-corrected chi connectivity index (χ3v) is 6.13. The van der Waals surface area contributed by atoms with Gasteiger partial charge in [0.15, 0.2) is 0 Å². The van der Waals surface area contributed by atoms with Crippen LogP contribution in [0.4, 0.5) is 10.5 Å². The Labute approximate surface area is 215 Å². The van der Waals surface area contributed by atoms with E-state index in [9.17, 15) is 19.5 Å². The van der Waals surface area contributed by atoms with Gasteiger partial charge in [-0.15, -0.1) is 0 Å². The molecule has 0 aromatic heterocycles. The van der Waals surface area contributed by atoms with Crippen molar-refractivity contribution in [3.8, 4) is 11.5 Å². The van der Waals surface area contributed by atoms with Crippen molar-refractivity contribution in [1.29, 1.82) is 0 Å². The van der Waals surface area contributed by atoms with Crippen molar-refractivity contribution >= 4 is 23.6 Å². The molecule has 3 N–H and O–H groups in total. The van der Waals surface area contributed by atoms with Crippen LogP contribution < -0.4 is 15.4 Å². The average molecular weight is 504 g/mol. The van der Waals surface area contributed by atoms with E-state index in [4.69, 9.17) is 9.47 Å². The molecule has 1 heterocycles. The molecule has 9 heteroatoms. The van der Waals surface area contributed by atoms with Crippen molar-refractivity contribution in [2.75, 3.05) is 19.0 Å². The Morgan fingerprint density at radius 3 is 2.38 bits per heavy atom. The molecule has 192 valence electrons. The molecule has 2 atom stereocenters. The molecule has 3 aromatic carbocycles. The van der Waals surface area contributed by atoms with Gasteiger partial charge in [-0.25, -0.2) is 4.79 Å². The van der Waals surface area contributed by atoms with Crippen LogP contribution in [-0.2, 0) is 20.9 Å². The zero-order chi connectivity index (χ0) is 26.2. The average Bonchev–Trinajstić information content (AvgIpc) is 3.42. The zero-order valence-corrected chi connectivity index (χ0v) is 20.4. The van der Waals surface area contributed by atoms with Crippen molar-refractivity contribution in [2.45, 2.75) is 31.5 Å². The fraction of sp³-hybridized carbons (Fsp3) is 0.250. The molecule has 0 radical (unpaired) electrons. The molecule has 0 spiro atoms. The Morgan fingerprint density at radius 2 is 1.70 bits per heavy atom. The van der Waals surface area contributed by atoms with Gasteiger partial charge in [-0.3, -0.25) is 14.5 Å². The van der Waals surface area contributed by atoms with E-state index in [1.165, 1.54) is 17.0 Å². The number of aromatic hydroxyl groups is 1. The number of anilines is 1. The molecular formula is C28H29N3O6. The molecule has 37 heavy (non-hydrogen) atoms. The van der Waals surface area contributed by atoms with E-state index in [0.29, 0.717) is 36.4 Å². The second kappa shape index (κ2) is 11.9. The van der Waals surface area contributed by atoms with Gasteiger partial charge in [0, 0.05) is 12.2 Å². The maximum absolute atomic E-state index is 13.3. The highest BCUT2D eigenvalue weighted by atomic mass is 16.6. The molecule has 1 fully saturated rings. The van der Waals surface area contributed by atoms with E-state index in [-0.39, 0.29) is 12.4 Å². The highest BCUT2D eigenvalue weighted by molar-refractivity contribution is 5.99. The van der Waals surface area contributed by atoms with Gasteiger partial charge in [-0.2, -0.15) is 0 Å². The summed E-state index contributed by atoms with van der Waals surface area (Å²) < 4.78 is 10.6. The molecule has 1 aliphatic rings. The Kier molecular flexibility index (Phi) is 8.25. The summed E-state index contributed by atoms with van der Waals surface area (Å²) in [4.78, 5) is 40.7. The SMILES string of the molecule is COc1ccc(NC(=O)[C@@H](NC(=O)[C@@H]2CCCN2C(=O)OCc2ccccc2)c2ccc(O)cc2)cc1. The van der Waals surface area contributed by atoms with Crippen LogP contribution in [0.5, 0.6) is 11.5 Å². The molecule has 1 saturated heterocycles. The smallest absolute Gasteiger partial charge is 0.410 e. The van der Waals surface area contributed by atoms with Gasteiger partial charge in [-0.1, -0.05) is 42.5 Å². The van der Waals surface area contributed by atoms with Gasteiger partial charge in [0.1, 0.15) is 30.2 Å². The number of hydrogen-bond donors (Lipinski definition) is 3. The minimum atomic E-state index is -1.06. The van der Waals surface area contributed by atoms with Crippen LogP contribution in [0.25, 0.3) is 0 Å². The van der Waals surface area contributed by atoms with Crippen LogP contribution in [0.15, 0.2) is 78.9 Å². The first-order valence-electron chi connectivity index (χ1n) is 12.0. The number of nitrogens with zero attached hydrogens (tertiary/aromatic N) is 1. The van der Waals surface area contributed by atoms with E-state index in [2.05, 4.69) is 10.6 Å². The van der Waals surface area contributed by atoms with Crippen LogP contribution in [0.2, 0.25) is 0 Å². The maximum Gasteiger partial charge on any atom is 0.410 e. The highest BCUT2D eigenvalue weighted by Gasteiger charge is 2.37. The molecule has 3 amide bonds. The van der Waals surface area contributed by atoms with E-state index in [1.54, 1.807) is 43.5 Å². The van der Waals surface area contributed by atoms with Crippen LogP contribution in [0.1, 0.15) is 30.0 Å². The topological polar surface area (TPSA) is 117 Å². The van der Waals surface area contributed by atoms with Crippen LogP contribution >= 0.6 is 0 Å². The number of amides is 3. The number of carbonyl (C=O) groups is 3. The number of nitrogens with one attached hydrogen (secondary N) is 2. The lowest BCUT2D eigenvalue weighted by molar-refractivity contribution is -0.129. The Hall–Kier alpha value is -4.53. The normalized spacial score (nSPS) is 15.5. The molecule has 3 aromatic rings. The van der Waals surface area contributed by atoms with Crippen molar-refractivity contribution in [3.05, 3.63) is 90.0 Å². The number of hydrogen-bond acceptors (Lipinski definition) is 6. The molecule has 0 bridgehead atoms. The second-order valence-electron chi connectivity index (χ2n) is 8.64. The first kappa shape index (κ1) is 25.6. The third-order valence-electron chi connectivity index (χ3n) is 6.13. The quantitative estimate of drug-likeness (QED) is 0.428. The summed E-state index contributed by atoms with van der Waals surface area (Å²) >= 11 is 0. The fourth-order valence-corrected chi connectivity index (χ4v) is 4.15. The number of rotatable bonds is 8.